The van der Waals surface area contributed by atoms with Crippen LogP contribution in [0.2, 0.25) is 0 Å². The predicted molar refractivity (Wildman–Crippen MR) is 64.0 cm³/mol. The van der Waals surface area contributed by atoms with Crippen molar-refractivity contribution in [3.05, 3.63) is 28.5 Å². The third-order valence-electron chi connectivity index (χ3n) is 2.47. The second kappa shape index (κ2) is 6.30. The molecule has 1 aromatic heterocycles. The fourth-order valence-electron chi connectivity index (χ4n) is 1.59. The van der Waals surface area contributed by atoms with Crippen LogP contribution in [0.1, 0.15) is 5.56 Å². The lowest BCUT2D eigenvalue weighted by molar-refractivity contribution is -0.147. The number of ether oxygens (including phenoxy) is 1. The zero-order valence-corrected chi connectivity index (χ0v) is 10.6. The Kier molecular flexibility index (Phi) is 4.71. The first kappa shape index (κ1) is 12.0. The molecule has 0 amide bonds. The summed E-state index contributed by atoms with van der Waals surface area (Å²) in [5.41, 5.74) is 1.25. The molecule has 5 heteroatoms. The number of halogens is 1. The maximum Gasteiger partial charge on any atom is 0.0918 e. The summed E-state index contributed by atoms with van der Waals surface area (Å²) in [6.45, 7) is 3.80. The maximum atomic E-state index is 5.54. The van der Waals surface area contributed by atoms with Gasteiger partial charge < -0.3 is 4.74 Å². The van der Waals surface area contributed by atoms with Crippen LogP contribution in [0.4, 0.5) is 0 Å². The molecular weight excluding hydrogens is 272 g/mol. The molecule has 1 aromatic rings. The van der Waals surface area contributed by atoms with Crippen molar-refractivity contribution in [3.63, 3.8) is 0 Å². The second-order valence-electron chi connectivity index (χ2n) is 3.59. The first-order valence-corrected chi connectivity index (χ1v) is 6.19. The Balaban J connectivity index is 1.84. The molecule has 1 saturated heterocycles. The minimum atomic E-state index is 0.650. The third-order valence-corrected chi connectivity index (χ3v) is 3.19. The van der Waals surface area contributed by atoms with E-state index in [9.17, 15) is 0 Å². The Morgan fingerprint density at radius 1 is 1.38 bits per heavy atom. The highest BCUT2D eigenvalue weighted by molar-refractivity contribution is 9.10. The Hall–Kier alpha value is -0.490. The van der Waals surface area contributed by atoms with Crippen molar-refractivity contribution in [3.8, 4) is 0 Å². The Labute approximate surface area is 104 Å². The van der Waals surface area contributed by atoms with Gasteiger partial charge in [-0.05, 0) is 34.0 Å². The van der Waals surface area contributed by atoms with Crippen molar-refractivity contribution in [1.29, 1.82) is 0 Å². The van der Waals surface area contributed by atoms with E-state index in [0.29, 0.717) is 13.2 Å². The molecule has 1 aliphatic rings. The van der Waals surface area contributed by atoms with E-state index in [2.05, 4.69) is 20.9 Å². The van der Waals surface area contributed by atoms with Crippen LogP contribution in [0.3, 0.4) is 0 Å². The molecule has 0 bridgehead atoms. The summed E-state index contributed by atoms with van der Waals surface area (Å²) in [5, 5.41) is 1.97. The zero-order valence-electron chi connectivity index (χ0n) is 9.06. The summed E-state index contributed by atoms with van der Waals surface area (Å²) in [7, 11) is 0. The van der Waals surface area contributed by atoms with Crippen LogP contribution in [0.15, 0.2) is 22.9 Å². The van der Waals surface area contributed by atoms with Gasteiger partial charge in [-0.25, -0.2) is 0 Å². The van der Waals surface area contributed by atoms with Crippen molar-refractivity contribution in [2.75, 3.05) is 32.9 Å². The van der Waals surface area contributed by atoms with Crippen molar-refractivity contribution < 1.29 is 9.57 Å². The lowest BCUT2D eigenvalue weighted by Crippen LogP contribution is -2.28. The topological polar surface area (TPSA) is 34.6 Å². The molecule has 88 valence electrons. The molecule has 2 rings (SSSR count). The Morgan fingerprint density at radius 3 is 3.19 bits per heavy atom. The van der Waals surface area contributed by atoms with Crippen LogP contribution in [-0.4, -0.2) is 43.0 Å². The zero-order chi connectivity index (χ0) is 11.2. The SMILES string of the molecule is Brc1cnccc1CCN1CCOCCO1. The van der Waals surface area contributed by atoms with E-state index < -0.39 is 0 Å². The smallest absolute Gasteiger partial charge is 0.0918 e. The molecule has 16 heavy (non-hydrogen) atoms. The van der Waals surface area contributed by atoms with Crippen LogP contribution < -0.4 is 0 Å². The first-order chi connectivity index (χ1) is 7.86. The number of nitrogens with zero attached hydrogens (tertiary/aromatic N) is 2. The number of aromatic nitrogens is 1. The molecule has 2 heterocycles. The van der Waals surface area contributed by atoms with Crippen molar-refractivity contribution in [2.24, 2.45) is 0 Å². The van der Waals surface area contributed by atoms with E-state index in [1.165, 1.54) is 5.56 Å². The third kappa shape index (κ3) is 3.52. The van der Waals surface area contributed by atoms with Gasteiger partial charge in [-0.1, -0.05) is 0 Å². The van der Waals surface area contributed by atoms with Gasteiger partial charge >= 0.3 is 0 Å². The molecule has 0 aromatic carbocycles. The highest BCUT2D eigenvalue weighted by Crippen LogP contribution is 2.15. The number of hydrogen-bond donors (Lipinski definition) is 0. The summed E-state index contributed by atoms with van der Waals surface area (Å²) in [5.74, 6) is 0. The van der Waals surface area contributed by atoms with E-state index in [1.54, 1.807) is 0 Å². The largest absolute Gasteiger partial charge is 0.378 e. The quantitative estimate of drug-likeness (QED) is 0.846. The number of pyridine rings is 1. The van der Waals surface area contributed by atoms with Gasteiger partial charge in [-0.2, -0.15) is 5.06 Å². The predicted octanol–water partition coefficient (Wildman–Crippen LogP) is 1.65. The van der Waals surface area contributed by atoms with Crippen LogP contribution in [0, 0.1) is 0 Å². The van der Waals surface area contributed by atoms with E-state index >= 15 is 0 Å². The Bertz CT molecular complexity index is 328. The van der Waals surface area contributed by atoms with Gasteiger partial charge in [0.2, 0.25) is 0 Å². The van der Waals surface area contributed by atoms with Gasteiger partial charge in [0, 0.05) is 30.0 Å². The fourth-order valence-corrected chi connectivity index (χ4v) is 2.04. The molecule has 0 aliphatic carbocycles. The van der Waals surface area contributed by atoms with Gasteiger partial charge in [0.15, 0.2) is 0 Å². The number of hydrogen-bond acceptors (Lipinski definition) is 4. The molecule has 4 nitrogen and oxygen atoms in total. The minimum Gasteiger partial charge on any atom is -0.378 e. The van der Waals surface area contributed by atoms with Crippen LogP contribution in [0.25, 0.3) is 0 Å². The Morgan fingerprint density at radius 2 is 2.31 bits per heavy atom. The monoisotopic (exact) mass is 286 g/mol. The fraction of sp³-hybridized carbons (Fsp3) is 0.545. The van der Waals surface area contributed by atoms with Gasteiger partial charge in [0.05, 0.1) is 19.8 Å². The van der Waals surface area contributed by atoms with Gasteiger partial charge in [0.25, 0.3) is 0 Å². The lowest BCUT2D eigenvalue weighted by atomic mass is 10.2. The minimum absolute atomic E-state index is 0.650. The van der Waals surface area contributed by atoms with Crippen molar-refractivity contribution in [2.45, 2.75) is 6.42 Å². The summed E-state index contributed by atoms with van der Waals surface area (Å²) < 4.78 is 6.37. The summed E-state index contributed by atoms with van der Waals surface area (Å²) in [6.07, 6.45) is 4.58. The van der Waals surface area contributed by atoms with Gasteiger partial charge in [-0.3, -0.25) is 9.82 Å². The maximum absolute atomic E-state index is 5.54. The molecule has 0 unspecified atom stereocenters. The van der Waals surface area contributed by atoms with Crippen molar-refractivity contribution in [1.82, 2.24) is 10.0 Å². The molecule has 0 spiro atoms. The van der Waals surface area contributed by atoms with Gasteiger partial charge in [0.1, 0.15) is 0 Å². The number of rotatable bonds is 3. The van der Waals surface area contributed by atoms with Crippen LogP contribution >= 0.6 is 15.9 Å². The van der Waals surface area contributed by atoms with E-state index in [0.717, 1.165) is 30.6 Å². The van der Waals surface area contributed by atoms with E-state index in [1.807, 2.05) is 23.5 Å². The molecule has 1 aliphatic heterocycles. The highest BCUT2D eigenvalue weighted by Gasteiger charge is 2.10. The van der Waals surface area contributed by atoms with Crippen LogP contribution in [-0.2, 0) is 16.0 Å². The average molecular weight is 287 g/mol. The van der Waals surface area contributed by atoms with E-state index in [-0.39, 0.29) is 0 Å². The van der Waals surface area contributed by atoms with Crippen molar-refractivity contribution >= 4 is 15.9 Å². The molecule has 0 radical (unpaired) electrons. The van der Waals surface area contributed by atoms with Crippen LogP contribution in [0.5, 0.6) is 0 Å². The van der Waals surface area contributed by atoms with E-state index in [4.69, 9.17) is 9.57 Å². The molecular formula is C11H15BrN2O2. The number of hydroxylamine groups is 2. The standard InChI is InChI=1S/C11H15BrN2O2/c12-11-9-13-3-1-10(11)2-4-14-5-6-15-7-8-16-14/h1,3,9H,2,4-8H2. The van der Waals surface area contributed by atoms with Gasteiger partial charge in [-0.15, -0.1) is 0 Å². The summed E-state index contributed by atoms with van der Waals surface area (Å²) in [4.78, 5) is 9.58. The normalized spacial score (nSPS) is 18.3. The lowest BCUT2D eigenvalue weighted by Gasteiger charge is -2.18. The molecule has 0 atom stereocenters. The summed E-state index contributed by atoms with van der Waals surface area (Å²) in [6, 6.07) is 2.03. The molecule has 0 saturated carbocycles. The molecule has 1 fully saturated rings. The second-order valence-corrected chi connectivity index (χ2v) is 4.45. The average Bonchev–Trinajstić information content (AvgIpc) is 2.56. The highest BCUT2D eigenvalue weighted by atomic mass is 79.9. The molecule has 0 N–H and O–H groups in total. The first-order valence-electron chi connectivity index (χ1n) is 5.40. The summed E-state index contributed by atoms with van der Waals surface area (Å²) >= 11 is 3.49.